The molecule has 0 saturated heterocycles. The van der Waals surface area contributed by atoms with E-state index in [2.05, 4.69) is 144 Å². The van der Waals surface area contributed by atoms with Gasteiger partial charge in [0.15, 0.2) is 58.2 Å². The summed E-state index contributed by atoms with van der Waals surface area (Å²) in [5, 5.41) is 0. The van der Waals surface area contributed by atoms with Gasteiger partial charge >= 0.3 is 53.1 Å². The van der Waals surface area contributed by atoms with Gasteiger partial charge in [-0.15, -0.1) is 0 Å². The fourth-order valence-electron chi connectivity index (χ4n) is 6.41. The number of hydrogen-bond donors (Lipinski definition) is 0. The molecule has 0 heterocycles. The molecule has 0 aliphatic rings. The van der Waals surface area contributed by atoms with E-state index in [9.17, 15) is 0 Å². The third-order valence-electron chi connectivity index (χ3n) is 8.63. The lowest BCUT2D eigenvalue weighted by Crippen LogP contribution is -2.65. The monoisotopic (exact) mass is 1250 g/mol. The van der Waals surface area contributed by atoms with E-state index in [1.807, 2.05) is 0 Å². The van der Waals surface area contributed by atoms with Gasteiger partial charge < -0.3 is 81.9 Å². The van der Waals surface area contributed by atoms with Crippen LogP contribution in [0.2, 0.25) is 168 Å². The molecule has 0 amide bonds. The van der Waals surface area contributed by atoms with Crippen LogP contribution in [0.3, 0.4) is 0 Å². The minimum atomic E-state index is -3.09. The standard InChI is InChI=1S/C12H36O4Si5.C10H30O3Si4.C9H24O6Si2.C8H22O6Si2/c1-17(2,3)13-21(14-18(4,5)6,15-19(7,8)9)16-20(10,11)12;1-14(2,3)11-17(10,12-15(4,5)6)13-16(7,8)9;1-10-16(11-2,12-3)8-7-9-17(13-4,14-5)15-6;1-9-15(10-2,11-3)7-8-16(12-4,13-5)14-6/h1-12H3;1-10H3;7-9H2,1-6H3;7-8H2,1-6H3. The third kappa shape index (κ3) is 39.1. The highest BCUT2D eigenvalue weighted by Crippen LogP contribution is 2.30. The summed E-state index contributed by atoms with van der Waals surface area (Å²) in [6.45, 7) is 47.9. The van der Waals surface area contributed by atoms with Crippen LogP contribution in [-0.2, 0) is 81.9 Å². The van der Waals surface area contributed by atoms with Crippen LogP contribution in [0.15, 0.2) is 0 Å². The van der Waals surface area contributed by atoms with Crippen LogP contribution in [0, 0.1) is 0 Å². The maximum absolute atomic E-state index is 6.47. The summed E-state index contributed by atoms with van der Waals surface area (Å²) in [5.41, 5.74) is 0. The summed E-state index contributed by atoms with van der Waals surface area (Å²) in [6, 6.07) is 2.61. The lowest BCUT2D eigenvalue weighted by molar-refractivity contribution is 0.109. The van der Waals surface area contributed by atoms with Gasteiger partial charge in [-0.05, 0) is 144 Å². The second-order valence-corrected chi connectivity index (χ2v) is 73.8. The molecule has 0 fully saturated rings. The molecule has 0 atom stereocenters. The number of hydrogen-bond acceptors (Lipinski definition) is 19. The molecule has 0 aromatic carbocycles. The van der Waals surface area contributed by atoms with Gasteiger partial charge in [0.25, 0.3) is 0 Å². The van der Waals surface area contributed by atoms with E-state index in [0.717, 1.165) is 6.42 Å². The van der Waals surface area contributed by atoms with Crippen molar-refractivity contribution in [1.29, 1.82) is 0 Å². The van der Waals surface area contributed by atoms with Crippen LogP contribution < -0.4 is 0 Å². The van der Waals surface area contributed by atoms with Crippen molar-refractivity contribution in [3.8, 4) is 0 Å². The molecule has 0 N–H and O–H groups in total. The molecular weight excluding hydrogens is 1140 g/mol. The predicted octanol–water partition coefficient (Wildman–Crippen LogP) is 10.8. The van der Waals surface area contributed by atoms with E-state index in [0.29, 0.717) is 24.2 Å². The Kier molecular flexibility index (Phi) is 37.6. The zero-order chi connectivity index (χ0) is 57.5. The molecule has 0 radical (unpaired) electrons. The van der Waals surface area contributed by atoms with Crippen molar-refractivity contribution in [2.24, 2.45) is 0 Å². The Labute approximate surface area is 450 Å². The van der Waals surface area contributed by atoms with Crippen molar-refractivity contribution in [3.63, 3.8) is 0 Å². The van der Waals surface area contributed by atoms with Crippen molar-refractivity contribution in [2.45, 2.75) is 175 Å². The van der Waals surface area contributed by atoms with E-state index in [1.165, 1.54) is 0 Å². The summed E-state index contributed by atoms with van der Waals surface area (Å²) >= 11 is 0. The maximum Gasteiger partial charge on any atom is 0.636 e. The molecule has 0 saturated carbocycles. The molecule has 434 valence electrons. The largest absolute Gasteiger partial charge is 0.636 e. The molecule has 0 unspecified atom stereocenters. The molecule has 0 spiro atoms. The van der Waals surface area contributed by atoms with Gasteiger partial charge in [0.2, 0.25) is 0 Å². The van der Waals surface area contributed by atoms with E-state index >= 15 is 0 Å². The quantitative estimate of drug-likeness (QED) is 0.0567. The van der Waals surface area contributed by atoms with Crippen molar-refractivity contribution in [2.75, 3.05) is 85.3 Å². The smallest absolute Gasteiger partial charge is 0.417 e. The predicted molar refractivity (Wildman–Crippen MR) is 319 cm³/mol. The highest BCUT2D eigenvalue weighted by Gasteiger charge is 2.56. The minimum absolute atomic E-state index is 0.595. The normalized spacial score (nSPS) is 14.3. The van der Waals surface area contributed by atoms with Gasteiger partial charge in [0, 0.05) is 116 Å². The Morgan fingerprint density at radius 3 is 0.465 bits per heavy atom. The average Bonchev–Trinajstić information content (AvgIpc) is 3.16. The molecule has 0 aromatic heterocycles. The zero-order valence-electron chi connectivity index (χ0n) is 51.8. The minimum Gasteiger partial charge on any atom is -0.417 e. The Bertz CT molecular complexity index is 1180. The average molecular weight is 1250 g/mol. The highest BCUT2D eigenvalue weighted by molar-refractivity contribution is 6.92. The molecule has 71 heavy (non-hydrogen) atoms. The first-order chi connectivity index (χ1) is 31.6. The summed E-state index contributed by atoms with van der Waals surface area (Å²) in [4.78, 5) is 0. The van der Waals surface area contributed by atoms with E-state index in [1.54, 1.807) is 85.3 Å². The van der Waals surface area contributed by atoms with E-state index in [-0.39, 0.29) is 0 Å². The summed E-state index contributed by atoms with van der Waals surface area (Å²) < 4.78 is 109. The Morgan fingerprint density at radius 1 is 0.197 bits per heavy atom. The highest BCUT2D eigenvalue weighted by atomic mass is 28.5. The van der Waals surface area contributed by atoms with Crippen LogP contribution in [0.1, 0.15) is 6.42 Å². The Balaban J connectivity index is -0.000000424. The lowest BCUT2D eigenvalue weighted by atomic mass is 10.6. The summed E-state index contributed by atoms with van der Waals surface area (Å²) in [7, 11) is -8.89. The first-order valence-corrected chi connectivity index (χ1v) is 59.6. The van der Waals surface area contributed by atoms with Crippen molar-refractivity contribution >= 4 is 111 Å². The molecule has 0 aromatic rings. The zero-order valence-corrected chi connectivity index (χ0v) is 64.8. The second kappa shape index (κ2) is 33.6. The van der Waals surface area contributed by atoms with Crippen LogP contribution in [0.5, 0.6) is 0 Å². The molecular formula is C39H112O19Si13. The van der Waals surface area contributed by atoms with Gasteiger partial charge in [0.1, 0.15) is 0 Å². The van der Waals surface area contributed by atoms with Crippen LogP contribution in [-0.4, -0.2) is 197 Å². The fourth-order valence-corrected chi connectivity index (χ4v) is 45.1. The topological polar surface area (TPSA) is 175 Å². The number of rotatable bonds is 33. The first-order valence-electron chi connectivity index (χ1n) is 24.1. The molecule has 19 nitrogen and oxygen atoms in total. The van der Waals surface area contributed by atoms with Crippen molar-refractivity contribution in [1.82, 2.24) is 0 Å². The Morgan fingerprint density at radius 2 is 0.338 bits per heavy atom. The molecule has 32 heteroatoms. The first kappa shape index (κ1) is 79.5. The van der Waals surface area contributed by atoms with E-state index in [4.69, 9.17) is 81.9 Å². The molecule has 0 aliphatic heterocycles. The van der Waals surface area contributed by atoms with Crippen molar-refractivity contribution in [3.05, 3.63) is 0 Å². The second-order valence-electron chi connectivity index (χ2n) is 23.4. The SMILES string of the molecule is CO[Si](CCC[Si](OC)(OC)OC)(OC)OC.CO[Si](CC[Si](OC)(OC)OC)(OC)OC.C[Si](C)(C)O[Si](C)(O[Si](C)(C)C)O[Si](C)(C)C.C[Si](C)(C)O[Si](O[Si](C)(C)C)(O[Si](C)(C)C)O[Si](C)(C)C. The van der Waals surface area contributed by atoms with Crippen LogP contribution in [0.25, 0.3) is 0 Å². The molecule has 0 bridgehead atoms. The Hall–Kier alpha value is 2.06. The van der Waals surface area contributed by atoms with E-state index < -0.39 is 111 Å². The molecule has 0 rings (SSSR count). The van der Waals surface area contributed by atoms with Crippen LogP contribution >= 0.6 is 0 Å². The molecule has 0 aliphatic carbocycles. The van der Waals surface area contributed by atoms with Gasteiger partial charge in [-0.1, -0.05) is 0 Å². The summed E-state index contributed by atoms with van der Waals surface area (Å²) in [5.74, 6) is 0. The van der Waals surface area contributed by atoms with Gasteiger partial charge in [-0.25, -0.2) is 0 Å². The van der Waals surface area contributed by atoms with Crippen molar-refractivity contribution < 1.29 is 81.9 Å². The van der Waals surface area contributed by atoms with Gasteiger partial charge in [0.05, 0.1) is 0 Å². The van der Waals surface area contributed by atoms with Crippen LogP contribution in [0.4, 0.5) is 0 Å². The van der Waals surface area contributed by atoms with Gasteiger partial charge in [-0.2, -0.15) is 0 Å². The fraction of sp³-hybridized carbons (Fsp3) is 1.00. The summed E-state index contributed by atoms with van der Waals surface area (Å²) in [6.07, 6.45) is 0.809. The third-order valence-corrected chi connectivity index (χ3v) is 45.9. The lowest BCUT2D eigenvalue weighted by Gasteiger charge is -2.43. The maximum atomic E-state index is 6.47. The van der Waals surface area contributed by atoms with Gasteiger partial charge in [-0.3, -0.25) is 0 Å².